The van der Waals surface area contributed by atoms with Gasteiger partial charge in [0.25, 0.3) is 5.69 Å². The standard InChI is InChI=1S/C19H22ClNO3/c1-12(2)24-18-7-13(3)6-14(10-18)19(4,5)15-8-16(20)11-17(9-15)21(22)23/h6-12H,1-5H3. The van der Waals surface area contributed by atoms with Crippen molar-refractivity contribution < 1.29 is 9.66 Å². The van der Waals surface area contributed by atoms with Gasteiger partial charge in [0, 0.05) is 22.6 Å². The average molecular weight is 348 g/mol. The maximum atomic E-state index is 11.1. The Morgan fingerprint density at radius 2 is 1.71 bits per heavy atom. The average Bonchev–Trinajstić information content (AvgIpc) is 2.45. The van der Waals surface area contributed by atoms with Crippen molar-refractivity contribution in [1.82, 2.24) is 0 Å². The molecule has 128 valence electrons. The molecule has 0 heterocycles. The minimum absolute atomic E-state index is 0.00289. The van der Waals surface area contributed by atoms with E-state index in [9.17, 15) is 10.1 Å². The fraction of sp³-hybridized carbons (Fsp3) is 0.368. The Hall–Kier alpha value is -2.07. The molecule has 0 aliphatic heterocycles. The molecular weight excluding hydrogens is 326 g/mol. The van der Waals surface area contributed by atoms with Crippen LogP contribution >= 0.6 is 11.6 Å². The number of nitro groups is 1. The van der Waals surface area contributed by atoms with Crippen LogP contribution in [-0.4, -0.2) is 11.0 Å². The van der Waals surface area contributed by atoms with Crippen LogP contribution < -0.4 is 4.74 Å². The number of rotatable bonds is 5. The first-order chi connectivity index (χ1) is 11.1. The van der Waals surface area contributed by atoms with Crippen molar-refractivity contribution in [3.8, 4) is 5.75 Å². The Morgan fingerprint density at radius 3 is 2.29 bits per heavy atom. The normalized spacial score (nSPS) is 11.6. The smallest absolute Gasteiger partial charge is 0.271 e. The fourth-order valence-electron chi connectivity index (χ4n) is 2.66. The quantitative estimate of drug-likeness (QED) is 0.517. The lowest BCUT2D eigenvalue weighted by atomic mass is 9.77. The number of aryl methyl sites for hydroxylation is 1. The third kappa shape index (κ3) is 4.06. The molecule has 0 bridgehead atoms. The zero-order valence-electron chi connectivity index (χ0n) is 14.6. The maximum Gasteiger partial charge on any atom is 0.271 e. The van der Waals surface area contributed by atoms with Crippen molar-refractivity contribution in [2.75, 3.05) is 0 Å². The number of halogens is 1. The summed E-state index contributed by atoms with van der Waals surface area (Å²) < 4.78 is 5.82. The Balaban J connectivity index is 2.54. The highest BCUT2D eigenvalue weighted by molar-refractivity contribution is 6.30. The number of non-ortho nitro benzene ring substituents is 1. The number of hydrogen-bond acceptors (Lipinski definition) is 3. The van der Waals surface area contributed by atoms with Crippen LogP contribution in [0.4, 0.5) is 5.69 Å². The summed E-state index contributed by atoms with van der Waals surface area (Å²) in [6.45, 7) is 10.0. The number of nitro benzene ring substituents is 1. The van der Waals surface area contributed by atoms with E-state index in [2.05, 4.69) is 6.07 Å². The molecule has 0 spiro atoms. The predicted octanol–water partition coefficient (Wildman–Crippen LogP) is 5.67. The van der Waals surface area contributed by atoms with Crippen LogP contribution in [0.5, 0.6) is 5.75 Å². The zero-order valence-corrected chi connectivity index (χ0v) is 15.3. The van der Waals surface area contributed by atoms with Crippen LogP contribution in [0.3, 0.4) is 0 Å². The van der Waals surface area contributed by atoms with Gasteiger partial charge in [0.05, 0.1) is 11.0 Å². The summed E-state index contributed by atoms with van der Waals surface area (Å²) in [5.41, 5.74) is 2.44. The molecule has 5 heteroatoms. The summed E-state index contributed by atoms with van der Waals surface area (Å²) in [5.74, 6) is 0.796. The first-order valence-electron chi connectivity index (χ1n) is 7.84. The zero-order chi connectivity index (χ0) is 18.1. The molecule has 2 rings (SSSR count). The summed E-state index contributed by atoms with van der Waals surface area (Å²) >= 11 is 6.09. The van der Waals surface area contributed by atoms with Crippen molar-refractivity contribution in [2.24, 2.45) is 0 Å². The lowest BCUT2D eigenvalue weighted by Gasteiger charge is -2.27. The van der Waals surface area contributed by atoms with Gasteiger partial charge in [0.15, 0.2) is 0 Å². The van der Waals surface area contributed by atoms with E-state index < -0.39 is 10.3 Å². The van der Waals surface area contributed by atoms with Crippen molar-refractivity contribution in [1.29, 1.82) is 0 Å². The molecule has 0 aliphatic rings. The molecule has 24 heavy (non-hydrogen) atoms. The second kappa shape index (κ2) is 6.81. The third-order valence-corrected chi connectivity index (χ3v) is 4.18. The highest BCUT2D eigenvalue weighted by atomic mass is 35.5. The van der Waals surface area contributed by atoms with E-state index in [0.29, 0.717) is 5.02 Å². The van der Waals surface area contributed by atoms with Gasteiger partial charge in [0.2, 0.25) is 0 Å². The Morgan fingerprint density at radius 1 is 1.08 bits per heavy atom. The monoisotopic (exact) mass is 347 g/mol. The second-order valence-corrected chi connectivity index (χ2v) is 7.22. The number of benzene rings is 2. The van der Waals surface area contributed by atoms with Crippen molar-refractivity contribution in [3.05, 3.63) is 68.2 Å². The second-order valence-electron chi connectivity index (χ2n) is 6.78. The van der Waals surface area contributed by atoms with Crippen LogP contribution in [0, 0.1) is 17.0 Å². The van der Waals surface area contributed by atoms with E-state index in [1.165, 1.54) is 6.07 Å². The van der Waals surface area contributed by atoms with Crippen molar-refractivity contribution in [3.63, 3.8) is 0 Å². The van der Waals surface area contributed by atoms with E-state index in [1.807, 2.05) is 46.8 Å². The molecule has 0 unspecified atom stereocenters. The molecule has 0 N–H and O–H groups in total. The van der Waals surface area contributed by atoms with Crippen LogP contribution in [0.1, 0.15) is 44.4 Å². The lowest BCUT2D eigenvalue weighted by molar-refractivity contribution is -0.384. The van der Waals surface area contributed by atoms with Gasteiger partial charge in [-0.1, -0.05) is 31.5 Å². The Labute approximate surface area is 147 Å². The van der Waals surface area contributed by atoms with E-state index in [4.69, 9.17) is 16.3 Å². The summed E-state index contributed by atoms with van der Waals surface area (Å²) in [6, 6.07) is 10.8. The largest absolute Gasteiger partial charge is 0.491 e. The minimum Gasteiger partial charge on any atom is -0.491 e. The number of nitrogens with zero attached hydrogens (tertiary/aromatic N) is 1. The van der Waals surface area contributed by atoms with Crippen LogP contribution in [0.15, 0.2) is 36.4 Å². The van der Waals surface area contributed by atoms with Gasteiger partial charge in [-0.25, -0.2) is 0 Å². The third-order valence-electron chi connectivity index (χ3n) is 3.96. The minimum atomic E-state index is -0.448. The molecule has 0 fully saturated rings. The summed E-state index contributed by atoms with van der Waals surface area (Å²) in [4.78, 5) is 10.7. The molecular formula is C19H22ClNO3. The first kappa shape index (κ1) is 18.3. The van der Waals surface area contributed by atoms with Gasteiger partial charge >= 0.3 is 0 Å². The molecule has 0 radical (unpaired) electrons. The highest BCUT2D eigenvalue weighted by Crippen LogP contribution is 2.37. The van der Waals surface area contributed by atoms with E-state index in [1.54, 1.807) is 12.1 Å². The summed E-state index contributed by atoms with van der Waals surface area (Å²) in [6.07, 6.45) is 0.0787. The number of hydrogen-bond donors (Lipinski definition) is 0. The van der Waals surface area contributed by atoms with Gasteiger partial charge in [0.1, 0.15) is 5.75 Å². The lowest BCUT2D eigenvalue weighted by Crippen LogP contribution is -2.20. The Bertz CT molecular complexity index is 769. The molecule has 4 nitrogen and oxygen atoms in total. The van der Waals surface area contributed by atoms with E-state index in [0.717, 1.165) is 22.4 Å². The fourth-order valence-corrected chi connectivity index (χ4v) is 2.89. The topological polar surface area (TPSA) is 52.4 Å². The highest BCUT2D eigenvalue weighted by Gasteiger charge is 2.26. The van der Waals surface area contributed by atoms with E-state index in [-0.39, 0.29) is 11.8 Å². The van der Waals surface area contributed by atoms with Gasteiger partial charge in [-0.15, -0.1) is 0 Å². The van der Waals surface area contributed by atoms with Crippen LogP contribution in [0.25, 0.3) is 0 Å². The predicted molar refractivity (Wildman–Crippen MR) is 97.2 cm³/mol. The molecule has 2 aromatic carbocycles. The Kier molecular flexibility index (Phi) is 5.19. The van der Waals surface area contributed by atoms with Gasteiger partial charge in [-0.05, 0) is 55.7 Å². The number of ether oxygens (including phenoxy) is 1. The maximum absolute atomic E-state index is 11.1. The molecule has 0 saturated heterocycles. The van der Waals surface area contributed by atoms with Crippen molar-refractivity contribution in [2.45, 2.75) is 46.1 Å². The molecule has 0 atom stereocenters. The molecule has 0 aliphatic carbocycles. The summed E-state index contributed by atoms with van der Waals surface area (Å²) in [5, 5.41) is 11.5. The van der Waals surface area contributed by atoms with Gasteiger partial charge in [-0.3, -0.25) is 10.1 Å². The van der Waals surface area contributed by atoms with Crippen LogP contribution in [0.2, 0.25) is 5.02 Å². The summed E-state index contributed by atoms with van der Waals surface area (Å²) in [7, 11) is 0. The van der Waals surface area contributed by atoms with E-state index >= 15 is 0 Å². The molecule has 0 aromatic heterocycles. The van der Waals surface area contributed by atoms with Gasteiger partial charge in [-0.2, -0.15) is 0 Å². The van der Waals surface area contributed by atoms with Gasteiger partial charge < -0.3 is 4.74 Å². The molecule has 2 aromatic rings. The SMILES string of the molecule is Cc1cc(OC(C)C)cc(C(C)(C)c2cc(Cl)cc([N+](=O)[O-])c2)c1. The van der Waals surface area contributed by atoms with Crippen LogP contribution in [-0.2, 0) is 5.41 Å². The first-order valence-corrected chi connectivity index (χ1v) is 8.21. The van der Waals surface area contributed by atoms with Crippen molar-refractivity contribution >= 4 is 17.3 Å². The molecule has 0 amide bonds. The molecule has 0 saturated carbocycles.